The van der Waals surface area contributed by atoms with Crippen LogP contribution >= 0.6 is 0 Å². The molecule has 3 aromatic rings. The van der Waals surface area contributed by atoms with Crippen LogP contribution in [0.1, 0.15) is 0 Å². The predicted molar refractivity (Wildman–Crippen MR) is 112 cm³/mol. The molecule has 0 spiro atoms. The first-order valence-electron chi connectivity index (χ1n) is 9.66. The Balaban J connectivity index is 1.28. The van der Waals surface area contributed by atoms with E-state index in [1.807, 2.05) is 36.4 Å². The molecule has 6 nitrogen and oxygen atoms in total. The van der Waals surface area contributed by atoms with Crippen LogP contribution in [-0.2, 0) is 0 Å². The van der Waals surface area contributed by atoms with Crippen LogP contribution in [0.25, 0.3) is 10.8 Å². The van der Waals surface area contributed by atoms with Crippen LogP contribution in [0.15, 0.2) is 54.6 Å². The summed E-state index contributed by atoms with van der Waals surface area (Å²) in [6.45, 7) is 2.31. The van der Waals surface area contributed by atoms with E-state index in [9.17, 15) is 0 Å². The lowest BCUT2D eigenvalue weighted by atomic mass is 10.1. The van der Waals surface area contributed by atoms with Crippen LogP contribution in [0.4, 0.5) is 0 Å². The third-order valence-electron chi connectivity index (χ3n) is 4.83. The molecule has 0 radical (unpaired) electrons. The Hall–Kier alpha value is -3.12. The van der Waals surface area contributed by atoms with Gasteiger partial charge in [-0.3, -0.25) is 0 Å². The van der Waals surface area contributed by atoms with E-state index in [0.29, 0.717) is 43.6 Å². The van der Waals surface area contributed by atoms with Gasteiger partial charge in [0.2, 0.25) is 5.75 Å². The summed E-state index contributed by atoms with van der Waals surface area (Å²) in [7, 11) is 3.22. The highest BCUT2D eigenvalue weighted by Crippen LogP contribution is 2.38. The first-order chi connectivity index (χ1) is 14.3. The Morgan fingerprint density at radius 2 is 1.76 bits per heavy atom. The van der Waals surface area contributed by atoms with Gasteiger partial charge in [0.15, 0.2) is 23.0 Å². The lowest BCUT2D eigenvalue weighted by Crippen LogP contribution is -2.39. The largest absolute Gasteiger partial charge is 0.493 e. The standard InChI is InChI=1S/C23H25NO5/c1-25-19-8-5-9-20(26-2)23(19)27-13-12-24-14-17-15-28-22-18-7-4-3-6-16(18)10-11-21(22)29-17/h3-11,17,24H,12-15H2,1-2H3/t17-/m1/s1. The molecule has 3 aromatic carbocycles. The fourth-order valence-electron chi connectivity index (χ4n) is 3.40. The number of para-hydroxylation sites is 1. The van der Waals surface area contributed by atoms with Gasteiger partial charge in [-0.05, 0) is 23.6 Å². The number of rotatable bonds is 8. The summed E-state index contributed by atoms with van der Waals surface area (Å²) < 4.78 is 28.7. The van der Waals surface area contributed by atoms with E-state index in [1.54, 1.807) is 14.2 Å². The minimum atomic E-state index is -0.0514. The van der Waals surface area contributed by atoms with E-state index in [4.69, 9.17) is 23.7 Å². The summed E-state index contributed by atoms with van der Waals surface area (Å²) in [5, 5.41) is 5.58. The summed E-state index contributed by atoms with van der Waals surface area (Å²) in [6, 6.07) is 17.7. The molecule has 1 atom stereocenters. The molecule has 1 heterocycles. The van der Waals surface area contributed by atoms with Crippen molar-refractivity contribution in [3.05, 3.63) is 54.6 Å². The zero-order chi connectivity index (χ0) is 20.1. The highest BCUT2D eigenvalue weighted by molar-refractivity contribution is 5.90. The number of ether oxygens (including phenoxy) is 5. The summed E-state index contributed by atoms with van der Waals surface area (Å²) in [4.78, 5) is 0. The third kappa shape index (κ3) is 4.17. The van der Waals surface area contributed by atoms with E-state index in [-0.39, 0.29) is 6.10 Å². The van der Waals surface area contributed by atoms with E-state index in [1.165, 1.54) is 0 Å². The second kappa shape index (κ2) is 8.92. The number of fused-ring (bicyclic) bond motifs is 3. The smallest absolute Gasteiger partial charge is 0.203 e. The molecule has 0 aromatic heterocycles. The molecule has 152 valence electrons. The summed E-state index contributed by atoms with van der Waals surface area (Å²) >= 11 is 0. The van der Waals surface area contributed by atoms with Gasteiger partial charge in [-0.2, -0.15) is 0 Å². The lowest BCUT2D eigenvalue weighted by molar-refractivity contribution is 0.0913. The summed E-state index contributed by atoms with van der Waals surface area (Å²) in [5.41, 5.74) is 0. The van der Waals surface area contributed by atoms with Crippen LogP contribution in [0.2, 0.25) is 0 Å². The number of benzene rings is 3. The zero-order valence-electron chi connectivity index (χ0n) is 16.6. The van der Waals surface area contributed by atoms with Gasteiger partial charge in [-0.1, -0.05) is 36.4 Å². The Kier molecular flexibility index (Phi) is 5.91. The van der Waals surface area contributed by atoms with Crippen molar-refractivity contribution in [1.29, 1.82) is 0 Å². The number of methoxy groups -OCH3 is 2. The molecule has 1 N–H and O–H groups in total. The fraction of sp³-hybridized carbons (Fsp3) is 0.304. The van der Waals surface area contributed by atoms with Gasteiger partial charge in [0.1, 0.15) is 19.3 Å². The maximum atomic E-state index is 6.11. The second-order valence-corrected chi connectivity index (χ2v) is 6.71. The van der Waals surface area contributed by atoms with Gasteiger partial charge in [0.05, 0.1) is 14.2 Å². The third-order valence-corrected chi connectivity index (χ3v) is 4.83. The van der Waals surface area contributed by atoms with Crippen molar-refractivity contribution < 1.29 is 23.7 Å². The predicted octanol–water partition coefficient (Wildman–Crippen LogP) is 3.67. The van der Waals surface area contributed by atoms with Crippen molar-refractivity contribution in [2.45, 2.75) is 6.10 Å². The first-order valence-corrected chi connectivity index (χ1v) is 9.66. The van der Waals surface area contributed by atoms with Gasteiger partial charge in [-0.15, -0.1) is 0 Å². The maximum absolute atomic E-state index is 6.11. The van der Waals surface area contributed by atoms with Crippen LogP contribution in [-0.4, -0.2) is 46.6 Å². The zero-order valence-corrected chi connectivity index (χ0v) is 16.6. The van der Waals surface area contributed by atoms with E-state index in [0.717, 1.165) is 22.3 Å². The highest BCUT2D eigenvalue weighted by Gasteiger charge is 2.22. The molecule has 0 amide bonds. The molecular formula is C23H25NO5. The molecule has 29 heavy (non-hydrogen) atoms. The van der Waals surface area contributed by atoms with Gasteiger partial charge in [0, 0.05) is 18.5 Å². The SMILES string of the molecule is COc1cccc(OC)c1OCCNC[C@@H]1COc2c(ccc3ccccc23)O1. The summed E-state index contributed by atoms with van der Waals surface area (Å²) in [6.07, 6.45) is -0.0514. The van der Waals surface area contributed by atoms with Crippen molar-refractivity contribution >= 4 is 10.8 Å². The van der Waals surface area contributed by atoms with Crippen molar-refractivity contribution in [2.75, 3.05) is 40.5 Å². The maximum Gasteiger partial charge on any atom is 0.203 e. The monoisotopic (exact) mass is 395 g/mol. The van der Waals surface area contributed by atoms with Gasteiger partial charge in [-0.25, -0.2) is 0 Å². The van der Waals surface area contributed by atoms with Crippen LogP contribution < -0.4 is 29.0 Å². The topological polar surface area (TPSA) is 58.2 Å². The van der Waals surface area contributed by atoms with Crippen molar-refractivity contribution in [3.63, 3.8) is 0 Å². The highest BCUT2D eigenvalue weighted by atomic mass is 16.6. The number of nitrogens with one attached hydrogen (secondary N) is 1. The number of hydrogen-bond acceptors (Lipinski definition) is 6. The molecule has 1 aliphatic rings. The van der Waals surface area contributed by atoms with E-state index in [2.05, 4.69) is 23.5 Å². The van der Waals surface area contributed by atoms with Crippen LogP contribution in [0.3, 0.4) is 0 Å². The Morgan fingerprint density at radius 1 is 0.966 bits per heavy atom. The van der Waals surface area contributed by atoms with Crippen LogP contribution in [0.5, 0.6) is 28.7 Å². The molecule has 4 rings (SSSR count). The van der Waals surface area contributed by atoms with E-state index < -0.39 is 0 Å². The molecular weight excluding hydrogens is 370 g/mol. The van der Waals surface area contributed by atoms with Crippen molar-refractivity contribution in [2.24, 2.45) is 0 Å². The minimum absolute atomic E-state index is 0.0514. The normalized spacial score (nSPS) is 15.2. The van der Waals surface area contributed by atoms with Crippen molar-refractivity contribution in [1.82, 2.24) is 5.32 Å². The quantitative estimate of drug-likeness (QED) is 0.588. The molecule has 0 saturated carbocycles. The molecule has 0 bridgehead atoms. The summed E-state index contributed by atoms with van der Waals surface area (Å²) in [5.74, 6) is 3.52. The van der Waals surface area contributed by atoms with Gasteiger partial charge < -0.3 is 29.0 Å². The minimum Gasteiger partial charge on any atom is -0.493 e. The Bertz CT molecular complexity index is 952. The molecule has 0 unspecified atom stereocenters. The first kappa shape index (κ1) is 19.2. The molecule has 0 aliphatic carbocycles. The fourth-order valence-corrected chi connectivity index (χ4v) is 3.40. The molecule has 0 saturated heterocycles. The average molecular weight is 395 g/mol. The molecule has 6 heteroatoms. The molecule has 0 fully saturated rings. The Morgan fingerprint density at radius 3 is 2.55 bits per heavy atom. The van der Waals surface area contributed by atoms with Crippen LogP contribution in [0, 0.1) is 0 Å². The Labute approximate surface area is 170 Å². The van der Waals surface area contributed by atoms with Gasteiger partial charge in [0.25, 0.3) is 0 Å². The van der Waals surface area contributed by atoms with E-state index >= 15 is 0 Å². The number of hydrogen-bond donors (Lipinski definition) is 1. The average Bonchev–Trinajstić information content (AvgIpc) is 2.78. The van der Waals surface area contributed by atoms with Crippen molar-refractivity contribution in [3.8, 4) is 28.7 Å². The molecule has 1 aliphatic heterocycles. The van der Waals surface area contributed by atoms with Gasteiger partial charge >= 0.3 is 0 Å². The second-order valence-electron chi connectivity index (χ2n) is 6.71. The lowest BCUT2D eigenvalue weighted by Gasteiger charge is -2.27.